The summed E-state index contributed by atoms with van der Waals surface area (Å²) in [5.74, 6) is 0.837. The first kappa shape index (κ1) is 18.8. The van der Waals surface area contributed by atoms with E-state index in [1.165, 1.54) is 0 Å². The van der Waals surface area contributed by atoms with Gasteiger partial charge in [-0.3, -0.25) is 4.79 Å². The maximum absolute atomic E-state index is 12.3. The van der Waals surface area contributed by atoms with Gasteiger partial charge in [0.1, 0.15) is 0 Å². The van der Waals surface area contributed by atoms with Crippen molar-refractivity contribution in [3.8, 4) is 0 Å². The van der Waals surface area contributed by atoms with Gasteiger partial charge in [0.05, 0.1) is 12.5 Å². The number of likely N-dealkylation sites (tertiary alicyclic amines) is 1. The minimum absolute atomic E-state index is 0. The third-order valence-corrected chi connectivity index (χ3v) is 3.88. The third-order valence-electron chi connectivity index (χ3n) is 3.88. The molecule has 0 spiro atoms. The molecule has 2 rings (SSSR count). The fraction of sp³-hybridized carbons (Fsp3) is 0.588. The molecule has 124 valence electrons. The van der Waals surface area contributed by atoms with Gasteiger partial charge in [-0.15, -0.1) is 12.4 Å². The Kier molecular flexibility index (Phi) is 7.69. The van der Waals surface area contributed by atoms with Gasteiger partial charge in [0, 0.05) is 25.4 Å². The van der Waals surface area contributed by atoms with E-state index in [9.17, 15) is 4.79 Å². The van der Waals surface area contributed by atoms with Crippen molar-refractivity contribution in [1.29, 1.82) is 0 Å². The second kappa shape index (κ2) is 9.01. The maximum Gasteiger partial charge on any atom is 0.227 e. The summed E-state index contributed by atoms with van der Waals surface area (Å²) < 4.78 is 5.85. The second-order valence-corrected chi connectivity index (χ2v) is 6.22. The van der Waals surface area contributed by atoms with Crippen LogP contribution in [0.15, 0.2) is 24.3 Å². The van der Waals surface area contributed by atoms with Crippen molar-refractivity contribution >= 4 is 24.0 Å². The molecular formula is C17H27ClN2O2. The lowest BCUT2D eigenvalue weighted by molar-refractivity contribution is -0.130. The van der Waals surface area contributed by atoms with E-state index in [0.29, 0.717) is 12.3 Å². The highest BCUT2D eigenvalue weighted by Gasteiger charge is 2.26. The molecule has 1 aromatic rings. The van der Waals surface area contributed by atoms with E-state index in [2.05, 4.69) is 13.8 Å². The average Bonchev–Trinajstić information content (AvgIpc) is 2.90. The fourth-order valence-corrected chi connectivity index (χ4v) is 2.48. The largest absolute Gasteiger partial charge is 0.399 e. The highest BCUT2D eigenvalue weighted by molar-refractivity contribution is 5.85. The molecule has 1 amide bonds. The number of ether oxygens (including phenoxy) is 1. The van der Waals surface area contributed by atoms with Crippen molar-refractivity contribution in [1.82, 2.24) is 4.90 Å². The topological polar surface area (TPSA) is 55.6 Å². The minimum Gasteiger partial charge on any atom is -0.399 e. The van der Waals surface area contributed by atoms with Crippen molar-refractivity contribution < 1.29 is 9.53 Å². The molecule has 0 radical (unpaired) electrons. The summed E-state index contributed by atoms with van der Waals surface area (Å²) >= 11 is 0. The Hall–Kier alpha value is -1.26. The molecule has 1 fully saturated rings. The first-order valence-corrected chi connectivity index (χ1v) is 7.78. The quantitative estimate of drug-likeness (QED) is 0.818. The van der Waals surface area contributed by atoms with Gasteiger partial charge in [0.15, 0.2) is 0 Å². The Labute approximate surface area is 139 Å². The van der Waals surface area contributed by atoms with Crippen LogP contribution in [0, 0.1) is 5.92 Å². The van der Waals surface area contributed by atoms with E-state index in [1.54, 1.807) is 0 Å². The minimum atomic E-state index is 0. The Morgan fingerprint density at radius 3 is 2.68 bits per heavy atom. The monoisotopic (exact) mass is 326 g/mol. The van der Waals surface area contributed by atoms with E-state index in [0.717, 1.165) is 43.8 Å². The molecule has 0 bridgehead atoms. The number of hydrogen-bond donors (Lipinski definition) is 1. The van der Waals surface area contributed by atoms with Gasteiger partial charge in [-0.2, -0.15) is 0 Å². The standard InChI is InChI=1S/C17H26N2O2.ClH/c1-13(2)8-10-21-16-7-9-19(12-16)17(20)11-14-3-5-15(18)6-4-14;/h3-6,13,16H,7-12,18H2,1-2H3;1H. The van der Waals surface area contributed by atoms with Gasteiger partial charge in [-0.1, -0.05) is 26.0 Å². The van der Waals surface area contributed by atoms with E-state index in [1.807, 2.05) is 29.2 Å². The lowest BCUT2D eigenvalue weighted by Crippen LogP contribution is -2.31. The summed E-state index contributed by atoms with van der Waals surface area (Å²) in [6.45, 7) is 6.72. The normalized spacial score (nSPS) is 17.6. The van der Waals surface area contributed by atoms with E-state index in [4.69, 9.17) is 10.5 Å². The summed E-state index contributed by atoms with van der Waals surface area (Å²) in [4.78, 5) is 14.2. The molecule has 1 aliphatic rings. The number of anilines is 1. The van der Waals surface area contributed by atoms with Crippen LogP contribution in [0.5, 0.6) is 0 Å². The van der Waals surface area contributed by atoms with E-state index < -0.39 is 0 Å². The number of amides is 1. The van der Waals surface area contributed by atoms with Gasteiger partial charge in [0.2, 0.25) is 5.91 Å². The number of carbonyl (C=O) groups excluding carboxylic acids is 1. The Morgan fingerprint density at radius 2 is 2.05 bits per heavy atom. The molecular weight excluding hydrogens is 300 g/mol. The van der Waals surface area contributed by atoms with Gasteiger partial charge >= 0.3 is 0 Å². The Bertz CT molecular complexity index is 462. The predicted molar refractivity (Wildman–Crippen MR) is 92.2 cm³/mol. The van der Waals surface area contributed by atoms with Gasteiger partial charge in [-0.05, 0) is 36.5 Å². The highest BCUT2D eigenvalue weighted by Crippen LogP contribution is 2.16. The molecule has 1 saturated heterocycles. The molecule has 0 aliphatic carbocycles. The third kappa shape index (κ3) is 5.85. The van der Waals surface area contributed by atoms with Crippen LogP contribution >= 0.6 is 12.4 Å². The van der Waals surface area contributed by atoms with Crippen LogP contribution in [0.3, 0.4) is 0 Å². The lowest BCUT2D eigenvalue weighted by Gasteiger charge is -2.17. The molecule has 4 nitrogen and oxygen atoms in total. The molecule has 1 atom stereocenters. The number of nitrogens with zero attached hydrogens (tertiary/aromatic N) is 1. The van der Waals surface area contributed by atoms with Crippen LogP contribution in [-0.2, 0) is 16.0 Å². The van der Waals surface area contributed by atoms with Crippen molar-refractivity contribution in [2.45, 2.75) is 39.2 Å². The summed E-state index contributed by atoms with van der Waals surface area (Å²) in [6.07, 6.45) is 2.68. The van der Waals surface area contributed by atoms with E-state index >= 15 is 0 Å². The summed E-state index contributed by atoms with van der Waals surface area (Å²) in [7, 11) is 0. The molecule has 0 aromatic heterocycles. The lowest BCUT2D eigenvalue weighted by atomic mass is 10.1. The fourth-order valence-electron chi connectivity index (χ4n) is 2.48. The number of hydrogen-bond acceptors (Lipinski definition) is 3. The maximum atomic E-state index is 12.3. The van der Waals surface area contributed by atoms with Crippen LogP contribution in [-0.4, -0.2) is 36.6 Å². The smallest absolute Gasteiger partial charge is 0.227 e. The SMILES string of the molecule is CC(C)CCOC1CCN(C(=O)Cc2ccc(N)cc2)C1.Cl. The van der Waals surface area contributed by atoms with Crippen LogP contribution in [0.25, 0.3) is 0 Å². The Morgan fingerprint density at radius 1 is 1.36 bits per heavy atom. The molecule has 1 unspecified atom stereocenters. The van der Waals surface area contributed by atoms with Gasteiger partial charge in [0.25, 0.3) is 0 Å². The molecule has 1 heterocycles. The van der Waals surface area contributed by atoms with Crippen molar-refractivity contribution in [2.24, 2.45) is 5.92 Å². The zero-order valence-electron chi connectivity index (χ0n) is 13.5. The zero-order valence-corrected chi connectivity index (χ0v) is 14.3. The summed E-state index contributed by atoms with van der Waals surface area (Å²) in [5.41, 5.74) is 7.39. The number of halogens is 1. The number of carbonyl (C=O) groups is 1. The number of rotatable bonds is 6. The molecule has 1 aromatic carbocycles. The van der Waals surface area contributed by atoms with Crippen molar-refractivity contribution in [3.63, 3.8) is 0 Å². The molecule has 5 heteroatoms. The zero-order chi connectivity index (χ0) is 15.2. The molecule has 22 heavy (non-hydrogen) atoms. The first-order chi connectivity index (χ1) is 10.0. The van der Waals surface area contributed by atoms with Crippen LogP contribution < -0.4 is 5.73 Å². The number of nitrogen functional groups attached to an aromatic ring is 1. The van der Waals surface area contributed by atoms with Crippen molar-refractivity contribution in [2.75, 3.05) is 25.4 Å². The van der Waals surface area contributed by atoms with E-state index in [-0.39, 0.29) is 24.4 Å². The highest BCUT2D eigenvalue weighted by atomic mass is 35.5. The van der Waals surface area contributed by atoms with Gasteiger partial charge < -0.3 is 15.4 Å². The van der Waals surface area contributed by atoms with Crippen LogP contribution in [0.4, 0.5) is 5.69 Å². The number of benzene rings is 1. The average molecular weight is 327 g/mol. The second-order valence-electron chi connectivity index (χ2n) is 6.22. The van der Waals surface area contributed by atoms with Gasteiger partial charge in [-0.25, -0.2) is 0 Å². The Balaban J connectivity index is 0.00000242. The molecule has 1 aliphatic heterocycles. The summed E-state index contributed by atoms with van der Waals surface area (Å²) in [5, 5.41) is 0. The van der Waals surface area contributed by atoms with Crippen LogP contribution in [0.2, 0.25) is 0 Å². The first-order valence-electron chi connectivity index (χ1n) is 7.78. The summed E-state index contributed by atoms with van der Waals surface area (Å²) in [6, 6.07) is 7.51. The number of nitrogens with two attached hydrogens (primary N) is 1. The molecule has 2 N–H and O–H groups in total. The van der Waals surface area contributed by atoms with Crippen molar-refractivity contribution in [3.05, 3.63) is 29.8 Å². The molecule has 0 saturated carbocycles. The van der Waals surface area contributed by atoms with Crippen LogP contribution in [0.1, 0.15) is 32.3 Å². The predicted octanol–water partition coefficient (Wildman–Crippen LogP) is 2.90.